The van der Waals surface area contributed by atoms with Crippen molar-refractivity contribution in [3.63, 3.8) is 0 Å². The number of benzene rings is 1. The van der Waals surface area contributed by atoms with Crippen LogP contribution in [0.25, 0.3) is 0 Å². The lowest BCUT2D eigenvalue weighted by Crippen LogP contribution is -2.27. The number of nitrogens with one attached hydrogen (secondary N) is 1. The summed E-state index contributed by atoms with van der Waals surface area (Å²) in [5, 5.41) is 3.51. The van der Waals surface area contributed by atoms with Gasteiger partial charge in [-0.1, -0.05) is 30.9 Å². The van der Waals surface area contributed by atoms with Crippen molar-refractivity contribution in [1.29, 1.82) is 0 Å². The molecule has 0 spiro atoms. The third kappa shape index (κ3) is 2.83. The van der Waals surface area contributed by atoms with Crippen LogP contribution >= 0.6 is 11.6 Å². The molecule has 1 fully saturated rings. The third-order valence-corrected chi connectivity index (χ3v) is 4.13. The van der Waals surface area contributed by atoms with E-state index in [0.717, 1.165) is 18.9 Å². The van der Waals surface area contributed by atoms with Crippen LogP contribution in [0.4, 0.5) is 8.78 Å². The predicted octanol–water partition coefficient (Wildman–Crippen LogP) is 4.46. The first-order valence-electron chi connectivity index (χ1n) is 6.45. The molecule has 1 N–H and O–H groups in total. The molecule has 1 atom stereocenters. The SMILES string of the molecule is CNC(c1cc(F)c(F)cc1Cl)C1CCCCC1. The van der Waals surface area contributed by atoms with Crippen LogP contribution in [0.1, 0.15) is 43.7 Å². The number of hydrogen-bond acceptors (Lipinski definition) is 1. The summed E-state index contributed by atoms with van der Waals surface area (Å²) in [4.78, 5) is 0. The highest BCUT2D eigenvalue weighted by molar-refractivity contribution is 6.31. The summed E-state index contributed by atoms with van der Waals surface area (Å²) in [5.41, 5.74) is 0.671. The van der Waals surface area contributed by atoms with Gasteiger partial charge in [0.1, 0.15) is 0 Å². The van der Waals surface area contributed by atoms with Crippen molar-refractivity contribution in [2.45, 2.75) is 38.1 Å². The van der Waals surface area contributed by atoms with Gasteiger partial charge < -0.3 is 5.32 Å². The first-order chi connectivity index (χ1) is 8.63. The Labute approximate surface area is 112 Å². The summed E-state index contributed by atoms with van der Waals surface area (Å²) in [7, 11) is 1.84. The summed E-state index contributed by atoms with van der Waals surface area (Å²) in [5.74, 6) is -1.26. The Morgan fingerprint density at radius 3 is 2.39 bits per heavy atom. The molecule has 1 aromatic rings. The van der Waals surface area contributed by atoms with Gasteiger partial charge in [-0.3, -0.25) is 0 Å². The molecule has 0 saturated heterocycles. The van der Waals surface area contributed by atoms with Crippen molar-refractivity contribution in [3.05, 3.63) is 34.4 Å². The molecule has 0 aliphatic heterocycles. The number of halogens is 3. The predicted molar refractivity (Wildman–Crippen MR) is 69.7 cm³/mol. The van der Waals surface area contributed by atoms with Crippen LogP contribution < -0.4 is 5.32 Å². The molecule has 1 aromatic carbocycles. The molecular weight excluding hydrogens is 256 g/mol. The van der Waals surface area contributed by atoms with E-state index in [2.05, 4.69) is 5.32 Å². The zero-order chi connectivity index (χ0) is 13.1. The molecule has 1 aliphatic carbocycles. The topological polar surface area (TPSA) is 12.0 Å². The minimum absolute atomic E-state index is 0.00731. The number of hydrogen-bond donors (Lipinski definition) is 1. The van der Waals surface area contributed by atoms with Gasteiger partial charge in [0.2, 0.25) is 0 Å². The van der Waals surface area contributed by atoms with E-state index in [9.17, 15) is 8.78 Å². The Balaban J connectivity index is 2.28. The molecule has 4 heteroatoms. The average Bonchev–Trinajstić information content (AvgIpc) is 2.38. The van der Waals surface area contributed by atoms with E-state index in [1.807, 2.05) is 7.05 Å². The van der Waals surface area contributed by atoms with Crippen molar-refractivity contribution in [1.82, 2.24) is 5.32 Å². The van der Waals surface area contributed by atoms with E-state index >= 15 is 0 Å². The van der Waals surface area contributed by atoms with Crippen molar-refractivity contribution in [3.8, 4) is 0 Å². The largest absolute Gasteiger partial charge is 0.313 e. The highest BCUT2D eigenvalue weighted by Gasteiger charge is 2.26. The maximum Gasteiger partial charge on any atom is 0.160 e. The van der Waals surface area contributed by atoms with E-state index in [-0.39, 0.29) is 6.04 Å². The fourth-order valence-electron chi connectivity index (χ4n) is 2.89. The van der Waals surface area contributed by atoms with E-state index in [4.69, 9.17) is 11.6 Å². The number of rotatable bonds is 3. The smallest absolute Gasteiger partial charge is 0.160 e. The average molecular weight is 274 g/mol. The first kappa shape index (κ1) is 13.8. The van der Waals surface area contributed by atoms with Gasteiger partial charge in [0.25, 0.3) is 0 Å². The van der Waals surface area contributed by atoms with Gasteiger partial charge in [-0.15, -0.1) is 0 Å². The lowest BCUT2D eigenvalue weighted by molar-refractivity contribution is 0.281. The van der Waals surface area contributed by atoms with Crippen molar-refractivity contribution < 1.29 is 8.78 Å². The quantitative estimate of drug-likeness (QED) is 0.802. The lowest BCUT2D eigenvalue weighted by Gasteiger charge is -2.31. The van der Waals surface area contributed by atoms with Crippen LogP contribution in [0.15, 0.2) is 12.1 Å². The van der Waals surface area contributed by atoms with Crippen LogP contribution in [-0.4, -0.2) is 7.05 Å². The fraction of sp³-hybridized carbons (Fsp3) is 0.571. The second kappa shape index (κ2) is 5.98. The Morgan fingerprint density at radius 2 is 1.78 bits per heavy atom. The maximum atomic E-state index is 13.4. The molecule has 0 amide bonds. The molecular formula is C14H18ClF2N. The third-order valence-electron chi connectivity index (χ3n) is 3.81. The molecule has 0 aromatic heterocycles. The van der Waals surface area contributed by atoms with E-state index in [1.165, 1.54) is 25.3 Å². The molecule has 100 valence electrons. The standard InChI is InChI=1S/C14H18ClF2N/c1-18-14(9-5-3-2-4-6-9)10-7-12(16)13(17)8-11(10)15/h7-9,14,18H,2-6H2,1H3. The molecule has 0 radical (unpaired) electrons. The van der Waals surface area contributed by atoms with Crippen LogP contribution in [0, 0.1) is 17.6 Å². The Kier molecular flexibility index (Phi) is 4.57. The minimum atomic E-state index is -0.887. The second-order valence-corrected chi connectivity index (χ2v) is 5.36. The zero-order valence-corrected chi connectivity index (χ0v) is 11.2. The van der Waals surface area contributed by atoms with E-state index < -0.39 is 11.6 Å². The molecule has 0 heterocycles. The second-order valence-electron chi connectivity index (χ2n) is 4.95. The maximum absolute atomic E-state index is 13.4. The van der Waals surface area contributed by atoms with Gasteiger partial charge in [-0.05, 0) is 43.5 Å². The van der Waals surface area contributed by atoms with Crippen molar-refractivity contribution >= 4 is 11.6 Å². The Morgan fingerprint density at radius 1 is 1.17 bits per heavy atom. The van der Waals surface area contributed by atoms with E-state index in [0.29, 0.717) is 16.5 Å². The minimum Gasteiger partial charge on any atom is -0.313 e. The van der Waals surface area contributed by atoms with Crippen molar-refractivity contribution in [2.75, 3.05) is 7.05 Å². The summed E-state index contributed by atoms with van der Waals surface area (Å²) in [6.07, 6.45) is 5.88. The molecule has 1 nitrogen and oxygen atoms in total. The van der Waals surface area contributed by atoms with Crippen LogP contribution in [-0.2, 0) is 0 Å². The van der Waals surface area contributed by atoms with Crippen molar-refractivity contribution in [2.24, 2.45) is 5.92 Å². The van der Waals surface area contributed by atoms with Crippen LogP contribution in [0.2, 0.25) is 5.02 Å². The summed E-state index contributed by atoms with van der Waals surface area (Å²) in [6, 6.07) is 2.31. The first-order valence-corrected chi connectivity index (χ1v) is 6.83. The van der Waals surface area contributed by atoms with Gasteiger partial charge in [0, 0.05) is 11.1 Å². The highest BCUT2D eigenvalue weighted by Crippen LogP contribution is 2.37. The molecule has 0 bridgehead atoms. The Hall–Kier alpha value is -0.670. The monoisotopic (exact) mass is 273 g/mol. The normalized spacial score (nSPS) is 18.9. The zero-order valence-electron chi connectivity index (χ0n) is 10.5. The van der Waals surface area contributed by atoms with Crippen LogP contribution in [0.3, 0.4) is 0 Å². The van der Waals surface area contributed by atoms with E-state index in [1.54, 1.807) is 0 Å². The summed E-state index contributed by atoms with van der Waals surface area (Å²) >= 11 is 6.05. The van der Waals surface area contributed by atoms with Gasteiger partial charge in [0.15, 0.2) is 11.6 Å². The summed E-state index contributed by atoms with van der Waals surface area (Å²) in [6.45, 7) is 0. The Bertz CT molecular complexity index is 417. The van der Waals surface area contributed by atoms with Gasteiger partial charge >= 0.3 is 0 Å². The van der Waals surface area contributed by atoms with Gasteiger partial charge in [0.05, 0.1) is 0 Å². The molecule has 1 unspecified atom stereocenters. The van der Waals surface area contributed by atoms with Gasteiger partial charge in [-0.25, -0.2) is 8.78 Å². The van der Waals surface area contributed by atoms with Gasteiger partial charge in [-0.2, -0.15) is 0 Å². The molecule has 2 rings (SSSR count). The highest BCUT2D eigenvalue weighted by atomic mass is 35.5. The summed E-state index contributed by atoms with van der Waals surface area (Å²) < 4.78 is 26.5. The fourth-order valence-corrected chi connectivity index (χ4v) is 3.16. The molecule has 1 saturated carbocycles. The lowest BCUT2D eigenvalue weighted by atomic mass is 9.81. The molecule has 18 heavy (non-hydrogen) atoms. The molecule has 1 aliphatic rings. The van der Waals surface area contributed by atoms with Crippen LogP contribution in [0.5, 0.6) is 0 Å².